The number of carbonyl (C=O) groups is 1. The van der Waals surface area contributed by atoms with Crippen molar-refractivity contribution in [3.8, 4) is 11.3 Å². The van der Waals surface area contributed by atoms with Crippen molar-refractivity contribution in [2.24, 2.45) is 0 Å². The van der Waals surface area contributed by atoms with Crippen LogP contribution in [0.5, 0.6) is 0 Å². The summed E-state index contributed by atoms with van der Waals surface area (Å²) >= 11 is 12.3. The van der Waals surface area contributed by atoms with Crippen LogP contribution in [0.1, 0.15) is 21.7 Å². The van der Waals surface area contributed by atoms with E-state index in [-0.39, 0.29) is 22.1 Å². The summed E-state index contributed by atoms with van der Waals surface area (Å²) in [6.45, 7) is 2.82. The van der Waals surface area contributed by atoms with Crippen LogP contribution >= 0.6 is 23.2 Å². The zero-order valence-electron chi connectivity index (χ0n) is 18.8. The number of piperazine rings is 1. The van der Waals surface area contributed by atoms with Crippen molar-refractivity contribution in [2.75, 3.05) is 26.2 Å². The van der Waals surface area contributed by atoms with Crippen LogP contribution in [0, 0.1) is 0 Å². The van der Waals surface area contributed by atoms with E-state index >= 15 is 0 Å². The molecule has 1 aliphatic heterocycles. The fraction of sp³-hybridized carbons (Fsp3) is 0.240. The van der Waals surface area contributed by atoms with Gasteiger partial charge in [-0.05, 0) is 23.8 Å². The standard InChI is InChI=1S/C25H20Cl2F3N5O/c26-18-8-6-17(7-9-18)19-14-20(25(28,29)30)35-23(31-19)21(27)22(32-35)24(36)34-12-10-33(11-13-34)15-16-4-2-1-3-5-16/h1-9,14H,10-13,15H2. The second-order valence-electron chi connectivity index (χ2n) is 8.48. The Kier molecular flexibility index (Phi) is 6.63. The number of benzene rings is 2. The third-order valence-electron chi connectivity index (χ3n) is 6.07. The van der Waals surface area contributed by atoms with E-state index < -0.39 is 17.8 Å². The fourth-order valence-corrected chi connectivity index (χ4v) is 4.57. The zero-order chi connectivity index (χ0) is 25.4. The van der Waals surface area contributed by atoms with Crippen molar-refractivity contribution in [2.45, 2.75) is 12.7 Å². The second-order valence-corrected chi connectivity index (χ2v) is 9.30. The predicted molar refractivity (Wildman–Crippen MR) is 131 cm³/mol. The van der Waals surface area contributed by atoms with Gasteiger partial charge >= 0.3 is 6.18 Å². The first-order chi connectivity index (χ1) is 17.2. The van der Waals surface area contributed by atoms with Gasteiger partial charge in [0.2, 0.25) is 0 Å². The second kappa shape index (κ2) is 9.72. The van der Waals surface area contributed by atoms with Crippen LogP contribution in [0.3, 0.4) is 0 Å². The van der Waals surface area contributed by atoms with Crippen LogP contribution in [0.15, 0.2) is 60.7 Å². The number of nitrogens with zero attached hydrogens (tertiary/aromatic N) is 5. The minimum atomic E-state index is -4.75. The molecule has 5 rings (SSSR count). The topological polar surface area (TPSA) is 53.7 Å². The number of aromatic nitrogens is 3. The van der Waals surface area contributed by atoms with Crippen molar-refractivity contribution in [1.82, 2.24) is 24.4 Å². The predicted octanol–water partition coefficient (Wildman–Crippen LogP) is 5.68. The number of carbonyl (C=O) groups excluding carboxylic acids is 1. The molecule has 0 aliphatic carbocycles. The number of rotatable bonds is 4. The molecule has 1 saturated heterocycles. The van der Waals surface area contributed by atoms with Crippen LogP contribution in [0.2, 0.25) is 10.0 Å². The minimum absolute atomic E-state index is 0.0433. The molecule has 0 N–H and O–H groups in total. The number of alkyl halides is 3. The molecule has 1 fully saturated rings. The van der Waals surface area contributed by atoms with E-state index in [0.29, 0.717) is 41.3 Å². The van der Waals surface area contributed by atoms with E-state index in [9.17, 15) is 18.0 Å². The lowest BCUT2D eigenvalue weighted by atomic mass is 10.1. The highest BCUT2D eigenvalue weighted by Gasteiger charge is 2.37. The van der Waals surface area contributed by atoms with Crippen LogP contribution in [-0.4, -0.2) is 56.5 Å². The van der Waals surface area contributed by atoms with Gasteiger partial charge in [-0.25, -0.2) is 9.50 Å². The molecule has 0 bridgehead atoms. The first-order valence-electron chi connectivity index (χ1n) is 11.2. The lowest BCUT2D eigenvalue weighted by Gasteiger charge is -2.34. The van der Waals surface area contributed by atoms with Gasteiger partial charge in [0.25, 0.3) is 5.91 Å². The van der Waals surface area contributed by atoms with Gasteiger partial charge in [-0.3, -0.25) is 9.69 Å². The van der Waals surface area contributed by atoms with E-state index in [0.717, 1.165) is 12.6 Å². The van der Waals surface area contributed by atoms with Gasteiger partial charge < -0.3 is 4.90 Å². The molecule has 1 aliphatic rings. The molecule has 2 aromatic carbocycles. The van der Waals surface area contributed by atoms with Crippen molar-refractivity contribution in [3.63, 3.8) is 0 Å². The Morgan fingerprint density at radius 2 is 1.61 bits per heavy atom. The number of amides is 1. The Hall–Kier alpha value is -3.14. The van der Waals surface area contributed by atoms with Crippen LogP contribution in [-0.2, 0) is 12.7 Å². The monoisotopic (exact) mass is 533 g/mol. The molecule has 0 radical (unpaired) electrons. The summed E-state index contributed by atoms with van der Waals surface area (Å²) < 4.78 is 42.4. The Balaban J connectivity index is 1.43. The first kappa shape index (κ1) is 24.5. The summed E-state index contributed by atoms with van der Waals surface area (Å²) in [7, 11) is 0. The van der Waals surface area contributed by atoms with Crippen molar-refractivity contribution in [1.29, 1.82) is 0 Å². The molecule has 11 heteroatoms. The fourth-order valence-electron chi connectivity index (χ4n) is 4.20. The maximum Gasteiger partial charge on any atom is 0.433 e. The number of hydrogen-bond acceptors (Lipinski definition) is 4. The van der Waals surface area contributed by atoms with Gasteiger partial charge in [0, 0.05) is 43.3 Å². The molecule has 0 atom stereocenters. The minimum Gasteiger partial charge on any atom is -0.335 e. The lowest BCUT2D eigenvalue weighted by molar-refractivity contribution is -0.142. The van der Waals surface area contributed by atoms with Gasteiger partial charge in [-0.2, -0.15) is 18.3 Å². The van der Waals surface area contributed by atoms with E-state index in [1.165, 1.54) is 5.56 Å². The van der Waals surface area contributed by atoms with Gasteiger partial charge in [0.15, 0.2) is 17.0 Å². The molecule has 186 valence electrons. The Labute approximate surface area is 214 Å². The van der Waals surface area contributed by atoms with E-state index in [4.69, 9.17) is 23.2 Å². The van der Waals surface area contributed by atoms with Crippen LogP contribution in [0.25, 0.3) is 16.9 Å². The molecule has 0 saturated carbocycles. The van der Waals surface area contributed by atoms with Crippen LogP contribution in [0.4, 0.5) is 13.2 Å². The summed E-state index contributed by atoms with van der Waals surface area (Å²) in [6.07, 6.45) is -4.75. The normalized spacial score (nSPS) is 15.0. The van der Waals surface area contributed by atoms with Gasteiger partial charge in [-0.15, -0.1) is 0 Å². The quantitative estimate of drug-likeness (QED) is 0.338. The largest absolute Gasteiger partial charge is 0.433 e. The smallest absolute Gasteiger partial charge is 0.335 e. The maximum absolute atomic E-state index is 13.9. The zero-order valence-corrected chi connectivity index (χ0v) is 20.4. The molecular weight excluding hydrogens is 514 g/mol. The Morgan fingerprint density at radius 3 is 2.25 bits per heavy atom. The SMILES string of the molecule is O=C(c1nn2c(C(F)(F)F)cc(-c3ccc(Cl)cc3)nc2c1Cl)N1CCN(Cc2ccccc2)CC1. The highest BCUT2D eigenvalue weighted by Crippen LogP contribution is 2.35. The van der Waals surface area contributed by atoms with Gasteiger partial charge in [0.1, 0.15) is 5.02 Å². The van der Waals surface area contributed by atoms with Crippen molar-refractivity contribution < 1.29 is 18.0 Å². The molecule has 1 amide bonds. The maximum atomic E-state index is 13.9. The van der Waals surface area contributed by atoms with E-state index in [2.05, 4.69) is 15.0 Å². The average Bonchev–Trinajstić information content (AvgIpc) is 3.20. The summed E-state index contributed by atoms with van der Waals surface area (Å²) in [4.78, 5) is 21.3. The highest BCUT2D eigenvalue weighted by atomic mass is 35.5. The summed E-state index contributed by atoms with van der Waals surface area (Å²) in [5.74, 6) is -0.522. The molecule has 2 aromatic heterocycles. The number of hydrogen-bond donors (Lipinski definition) is 0. The molecule has 3 heterocycles. The van der Waals surface area contributed by atoms with E-state index in [1.807, 2.05) is 30.3 Å². The number of halogens is 5. The highest BCUT2D eigenvalue weighted by molar-refractivity contribution is 6.36. The summed E-state index contributed by atoms with van der Waals surface area (Å²) in [5.41, 5.74) is 0.0739. The molecular formula is C25H20Cl2F3N5O. The Morgan fingerprint density at radius 1 is 0.944 bits per heavy atom. The van der Waals surface area contributed by atoms with Crippen molar-refractivity contribution >= 4 is 34.8 Å². The van der Waals surface area contributed by atoms with Crippen LogP contribution < -0.4 is 0 Å². The summed E-state index contributed by atoms with van der Waals surface area (Å²) in [6, 6.07) is 17.1. The number of fused-ring (bicyclic) bond motifs is 1. The molecule has 6 nitrogen and oxygen atoms in total. The summed E-state index contributed by atoms with van der Waals surface area (Å²) in [5, 5.41) is 4.19. The molecule has 36 heavy (non-hydrogen) atoms. The van der Waals surface area contributed by atoms with Crippen molar-refractivity contribution in [3.05, 3.63) is 87.7 Å². The van der Waals surface area contributed by atoms with Gasteiger partial charge in [-0.1, -0.05) is 65.7 Å². The molecule has 0 unspecified atom stereocenters. The molecule has 0 spiro atoms. The third-order valence-corrected chi connectivity index (χ3v) is 6.67. The Bertz CT molecular complexity index is 1400. The third kappa shape index (κ3) is 4.91. The van der Waals surface area contributed by atoms with Gasteiger partial charge in [0.05, 0.1) is 5.69 Å². The first-order valence-corrected chi connectivity index (χ1v) is 11.9. The molecule has 4 aromatic rings. The van der Waals surface area contributed by atoms with E-state index in [1.54, 1.807) is 29.2 Å². The average molecular weight is 534 g/mol. The lowest BCUT2D eigenvalue weighted by Crippen LogP contribution is -2.48.